The third kappa shape index (κ3) is 3.95. The fourth-order valence-electron chi connectivity index (χ4n) is 3.34. The van der Waals surface area contributed by atoms with Crippen LogP contribution in [0, 0.1) is 13.8 Å². The molecule has 138 valence electrons. The van der Waals surface area contributed by atoms with Gasteiger partial charge in [-0.25, -0.2) is 9.97 Å². The fraction of sp³-hybridized carbons (Fsp3) is 0.450. The van der Waals surface area contributed by atoms with Gasteiger partial charge >= 0.3 is 0 Å². The van der Waals surface area contributed by atoms with Gasteiger partial charge in [0.05, 0.1) is 11.0 Å². The van der Waals surface area contributed by atoms with Crippen molar-refractivity contribution in [2.45, 2.75) is 53.0 Å². The lowest BCUT2D eigenvalue weighted by Crippen LogP contribution is -2.12. The van der Waals surface area contributed by atoms with Crippen molar-refractivity contribution in [1.29, 1.82) is 0 Å². The van der Waals surface area contributed by atoms with Crippen LogP contribution in [0.1, 0.15) is 43.3 Å². The van der Waals surface area contributed by atoms with Crippen LogP contribution in [-0.4, -0.2) is 26.1 Å². The molecule has 26 heavy (non-hydrogen) atoms. The summed E-state index contributed by atoms with van der Waals surface area (Å²) in [7, 11) is 0. The fourth-order valence-corrected chi connectivity index (χ4v) is 3.34. The maximum Gasteiger partial charge on any atom is 0.222 e. The molecule has 0 saturated heterocycles. The third-order valence-corrected chi connectivity index (χ3v) is 4.71. The van der Waals surface area contributed by atoms with Gasteiger partial charge in [-0.1, -0.05) is 25.5 Å². The van der Waals surface area contributed by atoms with Gasteiger partial charge in [-0.05, 0) is 45.2 Å². The molecule has 0 bridgehead atoms. The highest BCUT2D eigenvalue weighted by atomic mass is 15.1. The van der Waals surface area contributed by atoms with Gasteiger partial charge in [0.25, 0.3) is 0 Å². The van der Waals surface area contributed by atoms with Gasteiger partial charge in [-0.3, -0.25) is 0 Å². The molecule has 0 fully saturated rings. The first kappa shape index (κ1) is 18.2. The Labute approximate surface area is 154 Å². The van der Waals surface area contributed by atoms with Gasteiger partial charge in [0.1, 0.15) is 11.6 Å². The molecule has 2 heterocycles. The highest BCUT2D eigenvalue weighted by Gasteiger charge is 2.12. The zero-order chi connectivity index (χ0) is 18.5. The number of nitrogens with one attached hydrogen (secondary N) is 1. The molecule has 2 aromatic heterocycles. The van der Waals surface area contributed by atoms with Crippen molar-refractivity contribution in [3.63, 3.8) is 0 Å². The molecular formula is C20H28N6. The van der Waals surface area contributed by atoms with Crippen molar-refractivity contribution >= 4 is 22.8 Å². The van der Waals surface area contributed by atoms with Crippen LogP contribution >= 0.6 is 0 Å². The van der Waals surface area contributed by atoms with E-state index in [0.29, 0.717) is 5.95 Å². The van der Waals surface area contributed by atoms with Crippen LogP contribution in [0.5, 0.6) is 0 Å². The van der Waals surface area contributed by atoms with Crippen molar-refractivity contribution < 1.29 is 0 Å². The molecule has 6 nitrogen and oxygen atoms in total. The number of aryl methyl sites for hydroxylation is 3. The van der Waals surface area contributed by atoms with Crippen molar-refractivity contribution in [1.82, 2.24) is 19.5 Å². The number of para-hydroxylation sites is 2. The van der Waals surface area contributed by atoms with E-state index in [0.717, 1.165) is 67.2 Å². The maximum atomic E-state index is 5.85. The number of unbranched alkanes of at least 4 members (excludes halogenated alkanes) is 1. The van der Waals surface area contributed by atoms with Crippen LogP contribution in [-0.2, 0) is 13.0 Å². The number of rotatable bonds is 8. The monoisotopic (exact) mass is 352 g/mol. The summed E-state index contributed by atoms with van der Waals surface area (Å²) in [6, 6.07) is 8.29. The number of nitrogens with zero attached hydrogens (tertiary/aromatic N) is 4. The van der Waals surface area contributed by atoms with Crippen molar-refractivity contribution in [2.24, 2.45) is 0 Å². The maximum absolute atomic E-state index is 5.85. The number of nitrogens with two attached hydrogens (primary N) is 1. The molecular weight excluding hydrogens is 324 g/mol. The highest BCUT2D eigenvalue weighted by Crippen LogP contribution is 2.21. The first-order valence-corrected chi connectivity index (χ1v) is 9.39. The van der Waals surface area contributed by atoms with Crippen molar-refractivity contribution in [3.05, 3.63) is 41.3 Å². The molecule has 3 rings (SSSR count). The van der Waals surface area contributed by atoms with Gasteiger partial charge < -0.3 is 15.6 Å². The van der Waals surface area contributed by atoms with E-state index in [1.807, 2.05) is 13.0 Å². The van der Waals surface area contributed by atoms with Crippen molar-refractivity contribution in [2.75, 3.05) is 17.6 Å². The average Bonchev–Trinajstić information content (AvgIpc) is 2.93. The average molecular weight is 352 g/mol. The van der Waals surface area contributed by atoms with Gasteiger partial charge in [0, 0.05) is 24.3 Å². The predicted octanol–water partition coefficient (Wildman–Crippen LogP) is 3.87. The first-order chi connectivity index (χ1) is 12.6. The zero-order valence-corrected chi connectivity index (χ0v) is 15.9. The number of hydrogen-bond donors (Lipinski definition) is 2. The highest BCUT2D eigenvalue weighted by molar-refractivity contribution is 5.75. The van der Waals surface area contributed by atoms with Gasteiger partial charge in [-0.15, -0.1) is 0 Å². The summed E-state index contributed by atoms with van der Waals surface area (Å²) in [5.41, 5.74) is 10.2. The minimum absolute atomic E-state index is 0.335. The first-order valence-electron chi connectivity index (χ1n) is 9.39. The van der Waals surface area contributed by atoms with Gasteiger partial charge in [0.2, 0.25) is 5.95 Å². The summed E-state index contributed by atoms with van der Waals surface area (Å²) in [6.07, 6.45) is 4.17. The molecule has 3 N–H and O–H groups in total. The van der Waals surface area contributed by atoms with E-state index in [1.165, 1.54) is 5.52 Å². The van der Waals surface area contributed by atoms with E-state index in [1.54, 1.807) is 0 Å². The molecule has 0 saturated carbocycles. The lowest BCUT2D eigenvalue weighted by atomic mass is 10.1. The van der Waals surface area contributed by atoms with Crippen molar-refractivity contribution in [3.8, 4) is 0 Å². The molecule has 1 aromatic carbocycles. The SMILES string of the molecule is CCCCNc1nc(N)nc(C)c1CCCn1c(C)nc2ccccc21. The standard InChI is InChI=1S/C20H28N6/c1-4-5-12-22-19-16(14(2)23-20(21)25-19)9-8-13-26-15(3)24-17-10-6-7-11-18(17)26/h6-7,10-11H,4-5,8-9,12-13H2,1-3H3,(H3,21,22,23,25). The van der Waals surface area contributed by atoms with Gasteiger partial charge in [-0.2, -0.15) is 4.98 Å². The quantitative estimate of drug-likeness (QED) is 0.601. The predicted molar refractivity (Wildman–Crippen MR) is 107 cm³/mol. The molecule has 0 aliphatic rings. The number of nitrogen functional groups attached to an aromatic ring is 1. The lowest BCUT2D eigenvalue weighted by molar-refractivity contribution is 0.638. The third-order valence-electron chi connectivity index (χ3n) is 4.71. The molecule has 3 aromatic rings. The number of anilines is 2. The van der Waals surface area contributed by atoms with E-state index in [-0.39, 0.29) is 0 Å². The Morgan fingerprint density at radius 3 is 2.69 bits per heavy atom. The van der Waals surface area contributed by atoms with Crippen LogP contribution in [0.3, 0.4) is 0 Å². The number of fused-ring (bicyclic) bond motifs is 1. The minimum Gasteiger partial charge on any atom is -0.370 e. The summed E-state index contributed by atoms with van der Waals surface area (Å²) in [4.78, 5) is 13.4. The largest absolute Gasteiger partial charge is 0.370 e. The lowest BCUT2D eigenvalue weighted by Gasteiger charge is -2.14. The van der Waals surface area contributed by atoms with Crippen LogP contribution in [0.2, 0.25) is 0 Å². The zero-order valence-electron chi connectivity index (χ0n) is 15.9. The summed E-state index contributed by atoms with van der Waals surface area (Å²) < 4.78 is 2.28. The van der Waals surface area contributed by atoms with Gasteiger partial charge in [0.15, 0.2) is 0 Å². The van der Waals surface area contributed by atoms with E-state index in [9.17, 15) is 0 Å². The Hall–Kier alpha value is -2.63. The number of aromatic nitrogens is 4. The Bertz CT molecular complexity index is 883. The second-order valence-electron chi connectivity index (χ2n) is 6.68. The summed E-state index contributed by atoms with van der Waals surface area (Å²) in [5, 5.41) is 3.43. The van der Waals surface area contributed by atoms with E-state index >= 15 is 0 Å². The Kier molecular flexibility index (Phi) is 5.71. The second kappa shape index (κ2) is 8.17. The van der Waals surface area contributed by atoms with E-state index in [2.05, 4.69) is 56.9 Å². The smallest absolute Gasteiger partial charge is 0.222 e. The molecule has 0 unspecified atom stereocenters. The topological polar surface area (TPSA) is 81.6 Å². The summed E-state index contributed by atoms with van der Waals surface area (Å²) in [6.45, 7) is 8.08. The van der Waals surface area contributed by atoms with Crippen LogP contribution < -0.4 is 11.1 Å². The number of benzene rings is 1. The summed E-state index contributed by atoms with van der Waals surface area (Å²) >= 11 is 0. The molecule has 0 aliphatic heterocycles. The Morgan fingerprint density at radius 1 is 1.08 bits per heavy atom. The molecule has 6 heteroatoms. The van der Waals surface area contributed by atoms with Crippen LogP contribution in [0.15, 0.2) is 24.3 Å². The second-order valence-corrected chi connectivity index (χ2v) is 6.68. The van der Waals surface area contributed by atoms with Crippen LogP contribution in [0.4, 0.5) is 11.8 Å². The molecule has 0 amide bonds. The minimum atomic E-state index is 0.335. The van der Waals surface area contributed by atoms with E-state index < -0.39 is 0 Å². The number of hydrogen-bond acceptors (Lipinski definition) is 5. The molecule has 0 atom stereocenters. The Balaban J connectivity index is 1.73. The number of imidazole rings is 1. The molecule has 0 radical (unpaired) electrons. The molecule has 0 aliphatic carbocycles. The van der Waals surface area contributed by atoms with Crippen LogP contribution in [0.25, 0.3) is 11.0 Å². The molecule has 0 spiro atoms. The normalized spacial score (nSPS) is 11.2. The Morgan fingerprint density at radius 2 is 1.88 bits per heavy atom. The summed E-state index contributed by atoms with van der Waals surface area (Å²) in [5.74, 6) is 2.27. The van der Waals surface area contributed by atoms with E-state index in [4.69, 9.17) is 5.73 Å².